The molecular weight excluding hydrogens is 320 g/mol. The first-order valence-electron chi connectivity index (χ1n) is 8.58. The first kappa shape index (κ1) is 17.3. The molecule has 1 N–H and O–H groups in total. The molecule has 2 aromatic rings. The second-order valence-corrected chi connectivity index (χ2v) is 6.45. The molecule has 0 saturated carbocycles. The Bertz CT molecular complexity index is 689. The van der Waals surface area contributed by atoms with Crippen molar-refractivity contribution in [1.82, 2.24) is 20.3 Å². The summed E-state index contributed by atoms with van der Waals surface area (Å²) in [6.45, 7) is 4.38. The Morgan fingerprint density at radius 3 is 3.12 bits per heavy atom. The number of aromatic nitrogens is 3. The Labute approximate surface area is 147 Å². The van der Waals surface area contributed by atoms with Crippen LogP contribution in [-0.4, -0.2) is 58.9 Å². The molecule has 134 valence electrons. The lowest BCUT2D eigenvalue weighted by Crippen LogP contribution is -2.40. The van der Waals surface area contributed by atoms with E-state index in [0.717, 1.165) is 31.7 Å². The number of aryl methyl sites for hydroxylation is 1. The third kappa shape index (κ3) is 4.76. The number of hydrogen-bond acceptors (Lipinski definition) is 7. The van der Waals surface area contributed by atoms with Gasteiger partial charge in [-0.2, -0.15) is 5.10 Å². The van der Waals surface area contributed by atoms with Crippen molar-refractivity contribution in [2.75, 3.05) is 36.9 Å². The van der Waals surface area contributed by atoms with Crippen molar-refractivity contribution in [3.05, 3.63) is 30.2 Å². The number of nitrogens with zero attached hydrogens (tertiary/aromatic N) is 5. The minimum absolute atomic E-state index is 0.0580. The summed E-state index contributed by atoms with van der Waals surface area (Å²) in [4.78, 5) is 16.5. The van der Waals surface area contributed by atoms with Crippen LogP contribution in [0.5, 0.6) is 0 Å². The van der Waals surface area contributed by atoms with Gasteiger partial charge in [-0.1, -0.05) is 5.16 Å². The van der Waals surface area contributed by atoms with Crippen LogP contribution in [0.25, 0.3) is 0 Å². The molecule has 0 spiro atoms. The van der Waals surface area contributed by atoms with Gasteiger partial charge in [0.25, 0.3) is 0 Å². The molecular formula is C17H24N6O2. The Morgan fingerprint density at radius 1 is 1.52 bits per heavy atom. The first-order valence-corrected chi connectivity index (χ1v) is 8.58. The highest BCUT2D eigenvalue weighted by atomic mass is 16.5. The van der Waals surface area contributed by atoms with E-state index in [2.05, 4.69) is 30.5 Å². The summed E-state index contributed by atoms with van der Waals surface area (Å²) in [6.07, 6.45) is 4.39. The van der Waals surface area contributed by atoms with Gasteiger partial charge >= 0.3 is 0 Å². The molecule has 2 aromatic heterocycles. The van der Waals surface area contributed by atoms with Gasteiger partial charge in [-0.05, 0) is 38.9 Å². The summed E-state index contributed by atoms with van der Waals surface area (Å²) in [6, 6.07) is 6.03. The van der Waals surface area contributed by atoms with Crippen molar-refractivity contribution in [3.63, 3.8) is 0 Å². The van der Waals surface area contributed by atoms with Crippen molar-refractivity contribution in [1.29, 1.82) is 0 Å². The van der Waals surface area contributed by atoms with Gasteiger partial charge in [0, 0.05) is 44.4 Å². The maximum atomic E-state index is 12.0. The van der Waals surface area contributed by atoms with Crippen LogP contribution in [0.15, 0.2) is 28.9 Å². The van der Waals surface area contributed by atoms with E-state index >= 15 is 0 Å². The lowest BCUT2D eigenvalue weighted by molar-refractivity contribution is -0.116. The minimum Gasteiger partial charge on any atom is -0.360 e. The van der Waals surface area contributed by atoms with Gasteiger partial charge in [0.1, 0.15) is 5.76 Å². The largest absolute Gasteiger partial charge is 0.360 e. The number of rotatable bonds is 7. The van der Waals surface area contributed by atoms with Crippen molar-refractivity contribution >= 4 is 17.5 Å². The van der Waals surface area contributed by atoms with E-state index in [1.165, 1.54) is 0 Å². The number of amides is 1. The maximum Gasteiger partial charge on any atom is 0.226 e. The molecule has 1 aliphatic heterocycles. The maximum absolute atomic E-state index is 12.0. The predicted octanol–water partition coefficient (Wildman–Crippen LogP) is 1.70. The molecule has 0 aliphatic carbocycles. The van der Waals surface area contributed by atoms with Gasteiger partial charge in [0.2, 0.25) is 5.91 Å². The minimum atomic E-state index is -0.0580. The number of hydrogen-bond donors (Lipinski definition) is 1. The average molecular weight is 344 g/mol. The van der Waals surface area contributed by atoms with Crippen LogP contribution in [0.3, 0.4) is 0 Å². The fourth-order valence-electron chi connectivity index (χ4n) is 3.15. The van der Waals surface area contributed by atoms with Gasteiger partial charge in [0.15, 0.2) is 11.6 Å². The molecule has 0 aromatic carbocycles. The van der Waals surface area contributed by atoms with Crippen LogP contribution in [-0.2, 0) is 4.79 Å². The molecule has 25 heavy (non-hydrogen) atoms. The third-order valence-corrected chi connectivity index (χ3v) is 4.37. The molecule has 8 heteroatoms. The number of anilines is 2. The van der Waals surface area contributed by atoms with Gasteiger partial charge in [0.05, 0.1) is 0 Å². The van der Waals surface area contributed by atoms with Crippen LogP contribution in [0, 0.1) is 6.92 Å². The van der Waals surface area contributed by atoms with Gasteiger partial charge in [-0.25, -0.2) is 0 Å². The summed E-state index contributed by atoms with van der Waals surface area (Å²) in [5.74, 6) is 2.02. The van der Waals surface area contributed by atoms with Crippen molar-refractivity contribution in [2.24, 2.45) is 0 Å². The molecule has 0 unspecified atom stereocenters. The fraction of sp³-hybridized carbons (Fsp3) is 0.529. The van der Waals surface area contributed by atoms with E-state index < -0.39 is 0 Å². The first-order chi connectivity index (χ1) is 12.1. The third-order valence-electron chi connectivity index (χ3n) is 4.37. The zero-order chi connectivity index (χ0) is 17.6. The van der Waals surface area contributed by atoms with Crippen molar-refractivity contribution < 1.29 is 9.32 Å². The summed E-state index contributed by atoms with van der Waals surface area (Å²) in [5.41, 5.74) is 0. The molecule has 1 saturated heterocycles. The molecule has 8 nitrogen and oxygen atoms in total. The smallest absolute Gasteiger partial charge is 0.226 e. The second-order valence-electron chi connectivity index (χ2n) is 6.45. The van der Waals surface area contributed by atoms with E-state index in [1.54, 1.807) is 19.2 Å². The summed E-state index contributed by atoms with van der Waals surface area (Å²) < 4.78 is 4.94. The number of carbonyl (C=O) groups excluding carboxylic acids is 1. The van der Waals surface area contributed by atoms with Gasteiger partial charge < -0.3 is 19.6 Å². The van der Waals surface area contributed by atoms with E-state index in [9.17, 15) is 4.79 Å². The molecule has 3 rings (SSSR count). The van der Waals surface area contributed by atoms with E-state index in [0.29, 0.717) is 30.6 Å². The summed E-state index contributed by atoms with van der Waals surface area (Å²) in [7, 11) is 2.04. The van der Waals surface area contributed by atoms with Crippen LogP contribution in [0.2, 0.25) is 0 Å². The van der Waals surface area contributed by atoms with E-state index in [1.807, 2.05) is 19.2 Å². The number of likely N-dealkylation sites (N-methyl/N-ethyl adjacent to an activating group) is 1. The monoisotopic (exact) mass is 344 g/mol. The molecule has 0 bridgehead atoms. The van der Waals surface area contributed by atoms with Crippen LogP contribution >= 0.6 is 0 Å². The normalized spacial score (nSPS) is 17.2. The molecule has 1 atom stereocenters. The van der Waals surface area contributed by atoms with Crippen LogP contribution in [0.1, 0.15) is 25.0 Å². The van der Waals surface area contributed by atoms with Gasteiger partial charge in [-0.3, -0.25) is 4.79 Å². The highest BCUT2D eigenvalue weighted by Crippen LogP contribution is 2.23. The fourth-order valence-corrected chi connectivity index (χ4v) is 3.15. The van der Waals surface area contributed by atoms with Crippen LogP contribution in [0.4, 0.5) is 11.6 Å². The average Bonchev–Trinajstić information content (AvgIpc) is 3.23. The van der Waals surface area contributed by atoms with E-state index in [-0.39, 0.29) is 5.91 Å². The lowest BCUT2D eigenvalue weighted by Gasteiger charge is -2.29. The Morgan fingerprint density at radius 2 is 2.40 bits per heavy atom. The molecule has 3 heterocycles. The summed E-state index contributed by atoms with van der Waals surface area (Å²) >= 11 is 0. The lowest BCUT2D eigenvalue weighted by atomic mass is 10.2. The van der Waals surface area contributed by atoms with Crippen molar-refractivity contribution in [3.8, 4) is 0 Å². The highest BCUT2D eigenvalue weighted by molar-refractivity contribution is 5.89. The summed E-state index contributed by atoms with van der Waals surface area (Å²) in [5, 5.41) is 14.7. The molecule has 0 radical (unpaired) electrons. The van der Waals surface area contributed by atoms with E-state index in [4.69, 9.17) is 4.52 Å². The zero-order valence-corrected chi connectivity index (χ0v) is 14.7. The molecule has 1 fully saturated rings. The SMILES string of the molecule is Cc1cc(NC(=O)CCN(C)C[C@H]2CCCN2c2cccnn2)no1. The number of carbonyl (C=O) groups is 1. The molecule has 1 aliphatic rings. The standard InChI is InChI=1S/C17H24N6O2/c1-13-11-15(21-25-13)19-17(24)7-10-22(2)12-14-5-4-9-23(14)16-6-3-8-18-20-16/h3,6,8,11,14H,4-5,7,9-10,12H2,1-2H3,(H,19,21,24)/t14-/m1/s1. The van der Waals surface area contributed by atoms with Gasteiger partial charge in [-0.15, -0.1) is 5.10 Å². The van der Waals surface area contributed by atoms with Crippen molar-refractivity contribution in [2.45, 2.75) is 32.2 Å². The quantitative estimate of drug-likeness (QED) is 0.818. The Hall–Kier alpha value is -2.48. The topological polar surface area (TPSA) is 87.4 Å². The Balaban J connectivity index is 1.45. The van der Waals surface area contributed by atoms with Crippen LogP contribution < -0.4 is 10.2 Å². The predicted molar refractivity (Wildman–Crippen MR) is 94.4 cm³/mol. The molecule has 1 amide bonds. The Kier molecular flexibility index (Phi) is 5.60. The zero-order valence-electron chi connectivity index (χ0n) is 14.7. The second kappa shape index (κ2) is 8.06. The number of nitrogens with one attached hydrogen (secondary N) is 1. The highest BCUT2D eigenvalue weighted by Gasteiger charge is 2.26.